The van der Waals surface area contributed by atoms with Crippen molar-refractivity contribution < 1.29 is 9.59 Å². The van der Waals surface area contributed by atoms with Crippen molar-refractivity contribution in [2.75, 3.05) is 4.90 Å². The van der Waals surface area contributed by atoms with E-state index in [1.165, 1.54) is 0 Å². The van der Waals surface area contributed by atoms with E-state index in [2.05, 4.69) is 12.1 Å². The Morgan fingerprint density at radius 3 is 2.44 bits per heavy atom. The van der Waals surface area contributed by atoms with E-state index in [4.69, 9.17) is 17.3 Å². The Hall–Kier alpha value is -3.62. The van der Waals surface area contributed by atoms with Crippen LogP contribution in [0.3, 0.4) is 0 Å². The summed E-state index contributed by atoms with van der Waals surface area (Å²) in [7, 11) is 0. The summed E-state index contributed by atoms with van der Waals surface area (Å²) in [5.41, 5.74) is 8.79. The van der Waals surface area contributed by atoms with Gasteiger partial charge in [-0.05, 0) is 49.1 Å². The lowest BCUT2D eigenvalue weighted by Crippen LogP contribution is -2.50. The number of rotatable bonds is 4. The standard InChI is InChI=1S/C28H24ClN3O2/c1-17-7-13-22-20(15-17)10-14-23-28(16-30,27(31)34)24(18-8-11-21(29)12-9-18)25(32(22)23)26(33)19-5-3-2-4-6-19/h2-9,11-13,15,23-25H,10,14H2,1H3,(H2,31,34)/t23-,24-,25+,28-/m1/s1. The van der Waals surface area contributed by atoms with Crippen molar-refractivity contribution in [3.8, 4) is 6.07 Å². The van der Waals surface area contributed by atoms with Crippen LogP contribution < -0.4 is 10.6 Å². The minimum absolute atomic E-state index is 0.141. The largest absolute Gasteiger partial charge is 0.368 e. The summed E-state index contributed by atoms with van der Waals surface area (Å²) in [6.45, 7) is 2.03. The quantitative estimate of drug-likeness (QED) is 0.555. The average Bonchev–Trinajstić information content (AvgIpc) is 3.16. The molecule has 2 aliphatic heterocycles. The summed E-state index contributed by atoms with van der Waals surface area (Å²) < 4.78 is 0. The summed E-state index contributed by atoms with van der Waals surface area (Å²) in [6.07, 6.45) is 1.25. The number of benzene rings is 3. The van der Waals surface area contributed by atoms with Crippen molar-refractivity contribution in [1.82, 2.24) is 0 Å². The number of Topliss-reactive ketones (excluding diaryl/α,β-unsaturated/α-hetero) is 1. The normalized spacial score (nSPS) is 25.2. The zero-order chi connectivity index (χ0) is 24.0. The molecule has 1 saturated heterocycles. The number of primary amides is 1. The zero-order valence-electron chi connectivity index (χ0n) is 18.7. The van der Waals surface area contributed by atoms with Gasteiger partial charge in [0.15, 0.2) is 11.2 Å². The Morgan fingerprint density at radius 2 is 1.79 bits per heavy atom. The van der Waals surface area contributed by atoms with Crippen molar-refractivity contribution in [2.24, 2.45) is 11.1 Å². The molecule has 0 saturated carbocycles. The first kappa shape index (κ1) is 22.2. The molecule has 4 atom stereocenters. The molecule has 5 nitrogen and oxygen atoms in total. The summed E-state index contributed by atoms with van der Waals surface area (Å²) in [5, 5.41) is 11.1. The van der Waals surface area contributed by atoms with E-state index in [1.807, 2.05) is 42.2 Å². The van der Waals surface area contributed by atoms with E-state index in [0.29, 0.717) is 29.0 Å². The van der Waals surface area contributed by atoms with Crippen molar-refractivity contribution >= 4 is 29.0 Å². The molecule has 34 heavy (non-hydrogen) atoms. The molecule has 0 radical (unpaired) electrons. The Bertz CT molecular complexity index is 1320. The number of nitrogens with zero attached hydrogens (tertiary/aromatic N) is 2. The summed E-state index contributed by atoms with van der Waals surface area (Å²) in [5.74, 6) is -1.60. The second-order valence-corrected chi connectivity index (χ2v) is 9.58. The van der Waals surface area contributed by atoms with Gasteiger partial charge in [0.25, 0.3) is 0 Å². The van der Waals surface area contributed by atoms with Gasteiger partial charge >= 0.3 is 0 Å². The molecule has 1 fully saturated rings. The van der Waals surface area contributed by atoms with Crippen LogP contribution in [0.4, 0.5) is 5.69 Å². The molecule has 0 unspecified atom stereocenters. The number of nitriles is 1. The maximum Gasteiger partial charge on any atom is 0.240 e. The van der Waals surface area contributed by atoms with Gasteiger partial charge in [-0.3, -0.25) is 9.59 Å². The second kappa shape index (κ2) is 8.30. The third-order valence-corrected chi connectivity index (χ3v) is 7.57. The van der Waals surface area contributed by atoms with E-state index >= 15 is 0 Å². The van der Waals surface area contributed by atoms with Crippen LogP contribution in [0.1, 0.15) is 39.4 Å². The number of nitrogens with two attached hydrogens (primary N) is 1. The van der Waals surface area contributed by atoms with E-state index in [0.717, 1.165) is 16.8 Å². The number of fused-ring (bicyclic) bond motifs is 3. The SMILES string of the molecule is Cc1ccc2c(c1)CC[C@H]1N2[C@H](C(=O)c2ccccc2)[C@@H](c2ccc(Cl)cc2)[C@]1(C#N)C(N)=O. The third kappa shape index (κ3) is 3.21. The minimum atomic E-state index is -1.58. The number of ketones is 1. The number of aryl methyl sites for hydroxylation is 2. The molecule has 2 N–H and O–H groups in total. The highest BCUT2D eigenvalue weighted by molar-refractivity contribution is 6.30. The summed E-state index contributed by atoms with van der Waals surface area (Å²) in [4.78, 5) is 29.3. The number of amides is 1. The van der Waals surface area contributed by atoms with Crippen LogP contribution in [0.2, 0.25) is 5.02 Å². The molecular formula is C28H24ClN3O2. The summed E-state index contributed by atoms with van der Waals surface area (Å²) >= 11 is 6.15. The van der Waals surface area contributed by atoms with Crippen molar-refractivity contribution in [1.29, 1.82) is 5.26 Å². The average molecular weight is 470 g/mol. The van der Waals surface area contributed by atoms with Crippen LogP contribution >= 0.6 is 11.6 Å². The number of hydrogen-bond donors (Lipinski definition) is 1. The van der Waals surface area contributed by atoms with Crippen molar-refractivity contribution in [3.63, 3.8) is 0 Å². The van der Waals surface area contributed by atoms with Gasteiger partial charge in [0, 0.05) is 22.2 Å². The van der Waals surface area contributed by atoms with E-state index in [-0.39, 0.29) is 5.78 Å². The summed E-state index contributed by atoms with van der Waals surface area (Å²) in [6, 6.07) is 23.2. The van der Waals surface area contributed by atoms with Crippen LogP contribution in [0.5, 0.6) is 0 Å². The number of carbonyl (C=O) groups excluding carboxylic acids is 2. The Morgan fingerprint density at radius 1 is 1.09 bits per heavy atom. The molecule has 6 heteroatoms. The molecule has 0 spiro atoms. The van der Waals surface area contributed by atoms with E-state index < -0.39 is 29.3 Å². The molecule has 2 aliphatic rings. The van der Waals surface area contributed by atoms with Crippen LogP contribution in [-0.4, -0.2) is 23.8 Å². The number of carbonyl (C=O) groups is 2. The van der Waals surface area contributed by atoms with Gasteiger partial charge in [-0.1, -0.05) is 71.8 Å². The highest BCUT2D eigenvalue weighted by Gasteiger charge is 2.66. The van der Waals surface area contributed by atoms with Gasteiger partial charge in [-0.25, -0.2) is 0 Å². The monoisotopic (exact) mass is 469 g/mol. The van der Waals surface area contributed by atoms with Crippen molar-refractivity contribution in [3.05, 3.63) is 100 Å². The molecule has 3 aromatic carbocycles. The molecule has 2 heterocycles. The smallest absolute Gasteiger partial charge is 0.240 e. The van der Waals surface area contributed by atoms with Gasteiger partial charge in [-0.2, -0.15) is 5.26 Å². The molecule has 5 rings (SSSR count). The molecular weight excluding hydrogens is 446 g/mol. The Balaban J connectivity index is 1.80. The van der Waals surface area contributed by atoms with Crippen molar-refractivity contribution in [2.45, 2.75) is 37.8 Å². The van der Waals surface area contributed by atoms with Gasteiger partial charge in [0.1, 0.15) is 6.04 Å². The van der Waals surface area contributed by atoms with Crippen LogP contribution in [0.15, 0.2) is 72.8 Å². The third-order valence-electron chi connectivity index (χ3n) is 7.32. The van der Waals surface area contributed by atoms with Gasteiger partial charge < -0.3 is 10.6 Å². The lowest BCUT2D eigenvalue weighted by Gasteiger charge is -2.39. The second-order valence-electron chi connectivity index (χ2n) is 9.14. The maximum absolute atomic E-state index is 14.1. The van der Waals surface area contributed by atoms with Gasteiger partial charge in [-0.15, -0.1) is 0 Å². The van der Waals surface area contributed by atoms with Crippen LogP contribution in [0, 0.1) is 23.7 Å². The van der Waals surface area contributed by atoms with E-state index in [9.17, 15) is 14.9 Å². The molecule has 170 valence electrons. The first-order chi connectivity index (χ1) is 16.4. The highest BCUT2D eigenvalue weighted by Crippen LogP contribution is 2.56. The zero-order valence-corrected chi connectivity index (χ0v) is 19.5. The fraction of sp³-hybridized carbons (Fsp3) is 0.250. The molecule has 0 bridgehead atoms. The highest BCUT2D eigenvalue weighted by atomic mass is 35.5. The number of anilines is 1. The molecule has 0 aromatic heterocycles. The number of hydrogen-bond acceptors (Lipinski definition) is 4. The maximum atomic E-state index is 14.1. The molecule has 1 amide bonds. The first-order valence-electron chi connectivity index (χ1n) is 11.3. The molecule has 3 aromatic rings. The first-order valence-corrected chi connectivity index (χ1v) is 11.7. The topological polar surface area (TPSA) is 87.2 Å². The van der Waals surface area contributed by atoms with Crippen LogP contribution in [-0.2, 0) is 11.2 Å². The Labute approximate surface area is 203 Å². The fourth-order valence-corrected chi connectivity index (χ4v) is 5.98. The van der Waals surface area contributed by atoms with Gasteiger partial charge in [0.2, 0.25) is 5.91 Å². The van der Waals surface area contributed by atoms with E-state index in [1.54, 1.807) is 36.4 Å². The predicted molar refractivity (Wildman–Crippen MR) is 132 cm³/mol. The Kier molecular flexibility index (Phi) is 5.42. The number of halogens is 1. The molecule has 0 aliphatic carbocycles. The fourth-order valence-electron chi connectivity index (χ4n) is 5.86. The lowest BCUT2D eigenvalue weighted by atomic mass is 9.66. The predicted octanol–water partition coefficient (Wildman–Crippen LogP) is 4.81. The minimum Gasteiger partial charge on any atom is -0.368 e. The van der Waals surface area contributed by atoms with Gasteiger partial charge in [0.05, 0.1) is 12.1 Å². The van der Waals surface area contributed by atoms with Crippen LogP contribution in [0.25, 0.3) is 0 Å². The lowest BCUT2D eigenvalue weighted by molar-refractivity contribution is -0.125.